The average Bonchev–Trinajstić information content (AvgIpc) is 2.69. The molecule has 0 unspecified atom stereocenters. The van der Waals surface area contributed by atoms with E-state index in [-0.39, 0.29) is 10.6 Å². The molecule has 0 saturated carbocycles. The van der Waals surface area contributed by atoms with E-state index in [1.165, 1.54) is 29.2 Å². The first kappa shape index (κ1) is 19.9. The van der Waals surface area contributed by atoms with Gasteiger partial charge in [0, 0.05) is 22.8 Å². The molecule has 3 rings (SSSR count). The molecule has 0 aliphatic heterocycles. The summed E-state index contributed by atoms with van der Waals surface area (Å²) in [6.07, 6.45) is 0. The van der Waals surface area contributed by atoms with E-state index in [9.17, 15) is 18.5 Å². The third kappa shape index (κ3) is 4.90. The molecule has 0 heterocycles. The molecule has 0 spiro atoms. The van der Waals surface area contributed by atoms with Crippen molar-refractivity contribution in [2.75, 3.05) is 4.72 Å². The molecule has 0 bridgehead atoms. The largest absolute Gasteiger partial charge is 0.279 e. The molecule has 144 valence electrons. The number of aryl methyl sites for hydroxylation is 1. The highest BCUT2D eigenvalue weighted by Gasteiger charge is 2.17. The fraction of sp³-hybridized carbons (Fsp3) is 0.100. The smallest absolute Gasteiger partial charge is 0.269 e. The number of thioether (sulfide) groups is 1. The van der Waals surface area contributed by atoms with Gasteiger partial charge < -0.3 is 0 Å². The Kier molecular flexibility index (Phi) is 6.01. The molecule has 0 atom stereocenters. The molecular weight excluding hydrogens is 396 g/mol. The number of non-ortho nitro benzene ring substituents is 1. The minimum atomic E-state index is -3.82. The van der Waals surface area contributed by atoms with Gasteiger partial charge in [-0.1, -0.05) is 30.3 Å². The van der Waals surface area contributed by atoms with E-state index in [0.29, 0.717) is 5.69 Å². The second-order valence-electron chi connectivity index (χ2n) is 6.11. The number of rotatable bonds is 7. The van der Waals surface area contributed by atoms with E-state index in [1.54, 1.807) is 17.8 Å². The highest BCUT2D eigenvalue weighted by Crippen LogP contribution is 2.26. The number of nitrogens with zero attached hydrogens (tertiary/aromatic N) is 1. The molecule has 3 aromatic rings. The second-order valence-corrected chi connectivity index (χ2v) is 8.84. The molecule has 0 aliphatic carbocycles. The summed E-state index contributed by atoms with van der Waals surface area (Å²) in [5.74, 6) is 0.778. The van der Waals surface area contributed by atoms with Gasteiger partial charge in [-0.15, -0.1) is 11.8 Å². The molecule has 0 amide bonds. The Balaban J connectivity index is 1.72. The Morgan fingerprint density at radius 3 is 2.29 bits per heavy atom. The van der Waals surface area contributed by atoms with Crippen LogP contribution in [-0.4, -0.2) is 13.3 Å². The fourth-order valence-corrected chi connectivity index (χ4v) is 4.56. The maximum absolute atomic E-state index is 12.5. The van der Waals surface area contributed by atoms with Crippen molar-refractivity contribution in [3.8, 4) is 0 Å². The average molecular weight is 415 g/mol. The third-order valence-electron chi connectivity index (χ3n) is 4.04. The Bertz CT molecular complexity index is 1080. The van der Waals surface area contributed by atoms with E-state index in [2.05, 4.69) is 4.72 Å². The monoisotopic (exact) mass is 414 g/mol. The Morgan fingerprint density at radius 1 is 1.00 bits per heavy atom. The first-order valence-corrected chi connectivity index (χ1v) is 10.9. The van der Waals surface area contributed by atoms with E-state index in [0.717, 1.165) is 16.9 Å². The molecule has 0 aliphatic rings. The Hall–Kier alpha value is -2.84. The van der Waals surface area contributed by atoms with Crippen LogP contribution in [0.15, 0.2) is 82.6 Å². The number of sulfonamides is 1. The lowest BCUT2D eigenvalue weighted by Gasteiger charge is -2.12. The minimum Gasteiger partial charge on any atom is -0.279 e. The highest BCUT2D eigenvalue weighted by atomic mass is 32.2. The van der Waals surface area contributed by atoms with Gasteiger partial charge >= 0.3 is 0 Å². The van der Waals surface area contributed by atoms with E-state index in [4.69, 9.17) is 0 Å². The Labute approximate surface area is 167 Å². The van der Waals surface area contributed by atoms with Gasteiger partial charge in [0.2, 0.25) is 0 Å². The van der Waals surface area contributed by atoms with Gasteiger partial charge in [0.1, 0.15) is 0 Å². The van der Waals surface area contributed by atoms with Crippen LogP contribution < -0.4 is 4.72 Å². The van der Waals surface area contributed by atoms with E-state index < -0.39 is 14.9 Å². The first-order valence-electron chi connectivity index (χ1n) is 8.40. The van der Waals surface area contributed by atoms with Crippen molar-refractivity contribution < 1.29 is 13.3 Å². The molecule has 3 aromatic carbocycles. The molecule has 8 heteroatoms. The molecule has 6 nitrogen and oxygen atoms in total. The van der Waals surface area contributed by atoms with Crippen molar-refractivity contribution in [2.24, 2.45) is 0 Å². The van der Waals surface area contributed by atoms with Crippen molar-refractivity contribution in [1.82, 2.24) is 0 Å². The number of benzene rings is 3. The van der Waals surface area contributed by atoms with Crippen molar-refractivity contribution in [3.63, 3.8) is 0 Å². The number of nitro benzene ring substituents is 1. The van der Waals surface area contributed by atoms with E-state index >= 15 is 0 Å². The van der Waals surface area contributed by atoms with Crippen LogP contribution in [0.2, 0.25) is 0 Å². The number of hydrogen-bond acceptors (Lipinski definition) is 5. The highest BCUT2D eigenvalue weighted by molar-refractivity contribution is 7.98. The molecule has 0 fully saturated rings. The maximum Gasteiger partial charge on any atom is 0.269 e. The van der Waals surface area contributed by atoms with Gasteiger partial charge in [0.05, 0.1) is 15.5 Å². The first-order chi connectivity index (χ1) is 13.3. The van der Waals surface area contributed by atoms with Crippen LogP contribution >= 0.6 is 11.8 Å². The SMILES string of the molecule is Cc1cc(CSc2ccccc2)ccc1NS(=O)(=O)c1ccc([N+](=O)[O-])cc1. The molecule has 1 N–H and O–H groups in total. The van der Waals surface area contributed by atoms with Crippen LogP contribution in [0.5, 0.6) is 0 Å². The van der Waals surface area contributed by atoms with Gasteiger partial charge in [-0.3, -0.25) is 14.8 Å². The van der Waals surface area contributed by atoms with Crippen LogP contribution in [0.4, 0.5) is 11.4 Å². The number of nitro groups is 1. The van der Waals surface area contributed by atoms with Crippen LogP contribution in [0.25, 0.3) is 0 Å². The summed E-state index contributed by atoms with van der Waals surface area (Å²) in [4.78, 5) is 11.3. The maximum atomic E-state index is 12.5. The summed E-state index contributed by atoms with van der Waals surface area (Å²) in [6.45, 7) is 1.84. The van der Waals surface area contributed by atoms with Gasteiger partial charge in [0.25, 0.3) is 15.7 Å². The molecule has 0 aromatic heterocycles. The normalized spacial score (nSPS) is 11.2. The van der Waals surface area contributed by atoms with E-state index in [1.807, 2.05) is 49.4 Å². The molecule has 0 radical (unpaired) electrons. The number of anilines is 1. The standard InChI is InChI=1S/C20H18N2O4S2/c1-15-13-16(14-27-18-5-3-2-4-6-18)7-12-20(15)21-28(25,26)19-10-8-17(9-11-19)22(23)24/h2-13,21H,14H2,1H3. The van der Waals surface area contributed by atoms with Gasteiger partial charge in [-0.2, -0.15) is 0 Å². The van der Waals surface area contributed by atoms with Gasteiger partial charge in [-0.05, 0) is 48.4 Å². The minimum absolute atomic E-state index is 0.0267. The summed E-state index contributed by atoms with van der Waals surface area (Å²) in [5, 5.41) is 10.7. The number of nitrogens with one attached hydrogen (secondary N) is 1. The summed E-state index contributed by atoms with van der Waals surface area (Å²) in [5.41, 5.74) is 2.21. The Morgan fingerprint density at radius 2 is 1.68 bits per heavy atom. The zero-order valence-electron chi connectivity index (χ0n) is 15.0. The summed E-state index contributed by atoms with van der Waals surface area (Å²) in [6, 6.07) is 20.4. The van der Waals surface area contributed by atoms with Gasteiger partial charge in [-0.25, -0.2) is 8.42 Å². The summed E-state index contributed by atoms with van der Waals surface area (Å²) in [7, 11) is -3.82. The summed E-state index contributed by atoms with van der Waals surface area (Å²) >= 11 is 1.71. The second kappa shape index (κ2) is 8.45. The fourth-order valence-electron chi connectivity index (χ4n) is 2.56. The predicted octanol–water partition coefficient (Wildman–Crippen LogP) is 5.00. The summed E-state index contributed by atoms with van der Waals surface area (Å²) < 4.78 is 27.6. The van der Waals surface area contributed by atoms with Crippen molar-refractivity contribution in [1.29, 1.82) is 0 Å². The lowest BCUT2D eigenvalue weighted by atomic mass is 10.1. The van der Waals surface area contributed by atoms with Crippen molar-refractivity contribution >= 4 is 33.2 Å². The van der Waals surface area contributed by atoms with Crippen molar-refractivity contribution in [3.05, 3.63) is 94.0 Å². The van der Waals surface area contributed by atoms with Crippen molar-refractivity contribution in [2.45, 2.75) is 22.5 Å². The topological polar surface area (TPSA) is 89.3 Å². The lowest BCUT2D eigenvalue weighted by molar-refractivity contribution is -0.384. The van der Waals surface area contributed by atoms with Crippen LogP contribution in [0, 0.1) is 17.0 Å². The van der Waals surface area contributed by atoms with Crippen LogP contribution in [0.3, 0.4) is 0 Å². The molecular formula is C20H18N2O4S2. The van der Waals surface area contributed by atoms with Crippen LogP contribution in [-0.2, 0) is 15.8 Å². The van der Waals surface area contributed by atoms with Crippen LogP contribution in [0.1, 0.15) is 11.1 Å². The third-order valence-corrected chi connectivity index (χ3v) is 6.51. The zero-order chi connectivity index (χ0) is 20.1. The molecule has 0 saturated heterocycles. The lowest BCUT2D eigenvalue weighted by Crippen LogP contribution is -2.13. The molecule has 28 heavy (non-hydrogen) atoms. The predicted molar refractivity (Wildman–Crippen MR) is 111 cm³/mol. The quantitative estimate of drug-likeness (QED) is 0.334. The zero-order valence-corrected chi connectivity index (χ0v) is 16.7. The number of hydrogen-bond donors (Lipinski definition) is 1. The van der Waals surface area contributed by atoms with Gasteiger partial charge in [0.15, 0.2) is 0 Å².